The van der Waals surface area contributed by atoms with Crippen LogP contribution in [0.2, 0.25) is 0 Å². The minimum atomic E-state index is -1.35. The Morgan fingerprint density at radius 1 is 0.941 bits per heavy atom. The molecule has 0 radical (unpaired) electrons. The van der Waals surface area contributed by atoms with Crippen LogP contribution in [0.3, 0.4) is 0 Å². The number of carboxylic acid groups (broad SMARTS) is 1. The number of aliphatic hydroxyl groups excluding tert-OH is 2. The zero-order valence-electron chi connectivity index (χ0n) is 29.9. The van der Waals surface area contributed by atoms with E-state index < -0.39 is 30.4 Å². The lowest BCUT2D eigenvalue weighted by molar-refractivity contribution is -0.147. The molecule has 51 heavy (non-hydrogen) atoms. The van der Waals surface area contributed by atoms with Crippen LogP contribution < -0.4 is 10.1 Å². The summed E-state index contributed by atoms with van der Waals surface area (Å²) in [5.41, 5.74) is 3.38. The summed E-state index contributed by atoms with van der Waals surface area (Å²) in [6.07, 6.45) is 7.57. The molecule has 1 saturated heterocycles. The number of hydrogen-bond donors (Lipinski definition) is 4. The quantitative estimate of drug-likeness (QED) is 0.0933. The summed E-state index contributed by atoms with van der Waals surface area (Å²) in [6, 6.07) is 17.3. The van der Waals surface area contributed by atoms with Crippen molar-refractivity contribution in [2.75, 3.05) is 13.2 Å². The summed E-state index contributed by atoms with van der Waals surface area (Å²) >= 11 is 1.39. The summed E-state index contributed by atoms with van der Waals surface area (Å²) in [5.74, 6) is -0.0760. The molecule has 10 nitrogen and oxygen atoms in total. The summed E-state index contributed by atoms with van der Waals surface area (Å²) in [7, 11) is 0. The number of likely N-dealkylation sites (tertiary alicyclic amines) is 1. The van der Waals surface area contributed by atoms with Gasteiger partial charge in [-0.15, -0.1) is 11.3 Å². The highest BCUT2D eigenvalue weighted by molar-refractivity contribution is 7.14. The van der Waals surface area contributed by atoms with Crippen LogP contribution in [0.4, 0.5) is 0 Å². The average molecular weight is 715 g/mol. The Morgan fingerprint density at radius 3 is 2.24 bits per heavy atom. The highest BCUT2D eigenvalue weighted by atomic mass is 32.1. The van der Waals surface area contributed by atoms with E-state index >= 15 is 0 Å². The zero-order valence-corrected chi connectivity index (χ0v) is 30.7. The van der Waals surface area contributed by atoms with E-state index in [4.69, 9.17) is 4.74 Å². The average Bonchev–Trinajstić information content (AvgIpc) is 3.78. The van der Waals surface area contributed by atoms with E-state index in [1.165, 1.54) is 41.9 Å². The fraction of sp³-hybridized carbons (Fsp3) is 0.450. The van der Waals surface area contributed by atoms with Crippen molar-refractivity contribution in [3.63, 3.8) is 0 Å². The van der Waals surface area contributed by atoms with Gasteiger partial charge in [0.05, 0.1) is 23.6 Å². The second-order valence-corrected chi connectivity index (χ2v) is 15.4. The van der Waals surface area contributed by atoms with Crippen molar-refractivity contribution < 1.29 is 29.6 Å². The third-order valence-electron chi connectivity index (χ3n) is 9.21. The Hall–Kier alpha value is -4.16. The van der Waals surface area contributed by atoms with Gasteiger partial charge >= 0.3 is 5.97 Å². The third-order valence-corrected chi connectivity index (χ3v) is 10.7. The van der Waals surface area contributed by atoms with Crippen molar-refractivity contribution in [3.05, 3.63) is 88.4 Å². The van der Waals surface area contributed by atoms with Gasteiger partial charge in [0.1, 0.15) is 18.0 Å². The van der Waals surface area contributed by atoms with Crippen molar-refractivity contribution in [1.29, 1.82) is 0 Å². The number of nitrogens with one attached hydrogen (secondary N) is 1. The number of unbranched alkanes of at least 4 members (excludes halogenated alkanes) is 4. The van der Waals surface area contributed by atoms with E-state index in [1.807, 2.05) is 54.6 Å². The maximum absolute atomic E-state index is 13.4. The van der Waals surface area contributed by atoms with Gasteiger partial charge in [0, 0.05) is 41.4 Å². The van der Waals surface area contributed by atoms with Crippen LogP contribution in [0.1, 0.15) is 86.3 Å². The van der Waals surface area contributed by atoms with Gasteiger partial charge in [0.2, 0.25) is 0 Å². The summed E-state index contributed by atoms with van der Waals surface area (Å²) < 4.78 is 5.89. The molecule has 0 bridgehead atoms. The van der Waals surface area contributed by atoms with Crippen LogP contribution in [0, 0.1) is 0 Å². The molecule has 1 aliphatic rings. The molecule has 0 saturated carbocycles. The first-order chi connectivity index (χ1) is 24.4. The van der Waals surface area contributed by atoms with Crippen LogP contribution in [0.5, 0.6) is 5.75 Å². The first-order valence-electron chi connectivity index (χ1n) is 17.8. The minimum absolute atomic E-state index is 0.000602. The molecule has 272 valence electrons. The Bertz CT molecular complexity index is 1720. The largest absolute Gasteiger partial charge is 0.494 e. The highest BCUT2D eigenvalue weighted by Crippen LogP contribution is 2.30. The van der Waals surface area contributed by atoms with Gasteiger partial charge < -0.3 is 25.4 Å². The van der Waals surface area contributed by atoms with Crippen LogP contribution in [-0.2, 0) is 16.6 Å². The topological polar surface area (TPSA) is 145 Å². The summed E-state index contributed by atoms with van der Waals surface area (Å²) in [6.45, 7) is 9.15. The molecule has 1 unspecified atom stereocenters. The van der Waals surface area contributed by atoms with Crippen LogP contribution >= 0.6 is 11.3 Å². The fourth-order valence-corrected chi connectivity index (χ4v) is 7.21. The molecule has 2 aromatic heterocycles. The number of carbonyl (C=O) groups excluding carboxylic acids is 1. The third kappa shape index (κ3) is 10.2. The molecule has 1 aliphatic heterocycles. The molecule has 0 aliphatic carbocycles. The van der Waals surface area contributed by atoms with E-state index in [0.717, 1.165) is 45.9 Å². The van der Waals surface area contributed by atoms with E-state index in [1.54, 1.807) is 18.5 Å². The van der Waals surface area contributed by atoms with Gasteiger partial charge in [0.25, 0.3) is 5.91 Å². The normalized spacial score (nSPS) is 17.6. The smallest absolute Gasteiger partial charge is 0.321 e. The Labute approximate surface area is 304 Å². The molecule has 4 N–H and O–H groups in total. The second-order valence-electron chi connectivity index (χ2n) is 14.3. The maximum Gasteiger partial charge on any atom is 0.321 e. The molecule has 0 spiro atoms. The van der Waals surface area contributed by atoms with E-state index in [2.05, 4.69) is 43.0 Å². The number of aliphatic hydroxyl groups is 2. The molecule has 3 heterocycles. The second kappa shape index (κ2) is 17.4. The van der Waals surface area contributed by atoms with Gasteiger partial charge in [-0.3, -0.25) is 14.5 Å². The molecular weight excluding hydrogens is 665 g/mol. The number of aromatic nitrogens is 2. The van der Waals surface area contributed by atoms with E-state index in [9.17, 15) is 24.9 Å². The van der Waals surface area contributed by atoms with Crippen molar-refractivity contribution in [2.24, 2.45) is 0 Å². The number of benzene rings is 2. The van der Waals surface area contributed by atoms with Crippen LogP contribution in [-0.4, -0.2) is 79.6 Å². The number of rotatable bonds is 16. The molecule has 4 atom stereocenters. The minimum Gasteiger partial charge on any atom is -0.494 e. The number of carbonyl (C=O) groups is 2. The van der Waals surface area contributed by atoms with Gasteiger partial charge in [-0.05, 0) is 53.6 Å². The molecule has 5 rings (SSSR count). The number of carboxylic acids is 1. The predicted molar refractivity (Wildman–Crippen MR) is 200 cm³/mol. The number of ether oxygens (including phenoxy) is 1. The number of hydrogen-bond acceptors (Lipinski definition) is 9. The molecule has 2 aromatic carbocycles. The SMILES string of the molecule is CCCCCCCOc1ccc(-c2cnc(-c3ccc(C[C@H](NC(=O)c4ccc(C(C)(C)C)s4)C(O)N4C[C@H](O)C[C@H]4C(=O)O)cc3)nc2)cc1. The highest BCUT2D eigenvalue weighted by Gasteiger charge is 2.42. The fourth-order valence-electron chi connectivity index (χ4n) is 6.25. The molecular formula is C40H50N4O6S. The molecule has 4 aromatic rings. The Balaban J connectivity index is 1.25. The van der Waals surface area contributed by atoms with E-state index in [0.29, 0.717) is 10.7 Å². The number of aliphatic carboxylic acids is 1. The van der Waals surface area contributed by atoms with Crippen molar-refractivity contribution in [3.8, 4) is 28.3 Å². The lowest BCUT2D eigenvalue weighted by Crippen LogP contribution is -2.55. The standard InChI is InChI=1S/C40H50N4O6S/c1-5-6-7-8-9-20-50-31-16-14-27(15-17-31)29-23-41-36(42-24-29)28-12-10-26(11-13-28)21-32(38(47)44-25-30(45)22-33(44)39(48)49)43-37(46)34-18-19-35(51-34)40(2,3)4/h10-19,23-24,30,32-33,38,45,47H,5-9,20-22,25H2,1-4H3,(H,43,46)(H,48,49)/t30-,32+,33+,38?/m1/s1. The van der Waals surface area contributed by atoms with Crippen molar-refractivity contribution in [1.82, 2.24) is 20.2 Å². The van der Waals surface area contributed by atoms with Crippen LogP contribution in [0.15, 0.2) is 73.1 Å². The monoisotopic (exact) mass is 714 g/mol. The molecule has 1 amide bonds. The first-order valence-corrected chi connectivity index (χ1v) is 18.6. The molecule has 1 fully saturated rings. The zero-order chi connectivity index (χ0) is 36.5. The predicted octanol–water partition coefficient (Wildman–Crippen LogP) is 6.70. The number of β-amino-alcohol motifs (C(OH)–C–C–N with tert-alkyl or cyclic N) is 1. The maximum atomic E-state index is 13.4. The first kappa shape index (κ1) is 38.1. The van der Waals surface area contributed by atoms with Gasteiger partial charge in [0.15, 0.2) is 5.82 Å². The van der Waals surface area contributed by atoms with E-state index in [-0.39, 0.29) is 30.7 Å². The van der Waals surface area contributed by atoms with Gasteiger partial charge in [-0.25, -0.2) is 9.97 Å². The Morgan fingerprint density at radius 2 is 1.61 bits per heavy atom. The van der Waals surface area contributed by atoms with Gasteiger partial charge in [-0.1, -0.05) is 89.8 Å². The number of thiophene rings is 1. The molecule has 11 heteroatoms. The Kier molecular flexibility index (Phi) is 13.0. The summed E-state index contributed by atoms with van der Waals surface area (Å²) in [4.78, 5) is 37.5. The summed E-state index contributed by atoms with van der Waals surface area (Å²) in [5, 5.41) is 34.5. The number of nitrogens with zero attached hydrogens (tertiary/aromatic N) is 3. The lowest BCUT2D eigenvalue weighted by atomic mass is 9.95. The lowest BCUT2D eigenvalue weighted by Gasteiger charge is -2.33. The number of amides is 1. The van der Waals surface area contributed by atoms with Crippen molar-refractivity contribution in [2.45, 2.75) is 102 Å². The van der Waals surface area contributed by atoms with Crippen LogP contribution in [0.25, 0.3) is 22.5 Å². The van der Waals surface area contributed by atoms with Crippen molar-refractivity contribution >= 4 is 23.2 Å². The van der Waals surface area contributed by atoms with Gasteiger partial charge in [-0.2, -0.15) is 0 Å².